The number of aryl methyl sites for hydroxylation is 3. The number of hydrogen-bond donors (Lipinski definition) is 0. The maximum absolute atomic E-state index is 12.0. The Kier molecular flexibility index (Phi) is 10.5. The van der Waals surface area contributed by atoms with Crippen molar-refractivity contribution in [2.75, 3.05) is 18.1 Å². The first kappa shape index (κ1) is 28.6. The third kappa shape index (κ3) is 9.47. The summed E-state index contributed by atoms with van der Waals surface area (Å²) >= 11 is 1.89. The van der Waals surface area contributed by atoms with Gasteiger partial charge in [0, 0.05) is 12.2 Å². The number of thioether (sulfide) groups is 1. The summed E-state index contributed by atoms with van der Waals surface area (Å²) in [6, 6.07) is 20.7. The number of hydrogen-bond acceptors (Lipinski definition) is 5. The molecule has 0 atom stereocenters. The van der Waals surface area contributed by atoms with Crippen LogP contribution in [0.4, 0.5) is 0 Å². The smallest absolute Gasteiger partial charge is 0.306 e. The van der Waals surface area contributed by atoms with E-state index in [0.29, 0.717) is 19.4 Å². The third-order valence-corrected chi connectivity index (χ3v) is 6.65. The van der Waals surface area contributed by atoms with Gasteiger partial charge in [0.05, 0.1) is 6.61 Å². The molecular formula is C32H40O4S. The SMILES string of the molecule is CCSCCOc1cc(C)c(-c2cccc(COc3ccc(CCC(=O)OC(C)(C)C)cc3)c2)c(C)c1. The highest BCUT2D eigenvalue weighted by molar-refractivity contribution is 7.99. The Labute approximate surface area is 226 Å². The van der Waals surface area contributed by atoms with Crippen LogP contribution in [0.3, 0.4) is 0 Å². The molecule has 0 saturated carbocycles. The predicted octanol–water partition coefficient (Wildman–Crippen LogP) is 7.96. The molecule has 0 aliphatic heterocycles. The van der Waals surface area contributed by atoms with Crippen LogP contribution < -0.4 is 9.47 Å². The van der Waals surface area contributed by atoms with E-state index < -0.39 is 5.60 Å². The van der Waals surface area contributed by atoms with Crippen molar-refractivity contribution in [2.45, 2.75) is 66.6 Å². The van der Waals surface area contributed by atoms with Gasteiger partial charge >= 0.3 is 5.97 Å². The predicted molar refractivity (Wildman–Crippen MR) is 155 cm³/mol. The van der Waals surface area contributed by atoms with E-state index in [1.54, 1.807) is 0 Å². The lowest BCUT2D eigenvalue weighted by molar-refractivity contribution is -0.154. The minimum atomic E-state index is -0.450. The van der Waals surface area contributed by atoms with Gasteiger partial charge in [-0.3, -0.25) is 4.79 Å². The van der Waals surface area contributed by atoms with Crippen molar-refractivity contribution >= 4 is 17.7 Å². The summed E-state index contributed by atoms with van der Waals surface area (Å²) in [5.41, 5.74) is 6.59. The minimum absolute atomic E-state index is 0.175. The van der Waals surface area contributed by atoms with Crippen LogP contribution >= 0.6 is 11.8 Å². The zero-order valence-corrected chi connectivity index (χ0v) is 23.9. The molecule has 5 heteroatoms. The standard InChI is InChI=1S/C32H40O4S/c1-7-37-18-17-34-29-19-23(2)31(24(3)20-29)27-10-8-9-26(21-27)22-35-28-14-11-25(12-15-28)13-16-30(33)36-32(4,5)6/h8-12,14-15,19-21H,7,13,16-18,22H2,1-6H3. The molecule has 0 aromatic heterocycles. The molecule has 0 heterocycles. The molecular weight excluding hydrogens is 480 g/mol. The molecule has 37 heavy (non-hydrogen) atoms. The molecule has 3 aromatic carbocycles. The summed E-state index contributed by atoms with van der Waals surface area (Å²) in [4.78, 5) is 12.0. The van der Waals surface area contributed by atoms with E-state index in [1.807, 2.05) is 56.8 Å². The van der Waals surface area contributed by atoms with Gasteiger partial charge in [-0.1, -0.05) is 37.3 Å². The second kappa shape index (κ2) is 13.6. The lowest BCUT2D eigenvalue weighted by atomic mass is 9.94. The highest BCUT2D eigenvalue weighted by atomic mass is 32.2. The van der Waals surface area contributed by atoms with Gasteiger partial charge in [0.2, 0.25) is 0 Å². The van der Waals surface area contributed by atoms with Gasteiger partial charge in [0.25, 0.3) is 0 Å². The van der Waals surface area contributed by atoms with Crippen molar-refractivity contribution in [3.05, 3.63) is 82.9 Å². The second-order valence-electron chi connectivity index (χ2n) is 10.2. The van der Waals surface area contributed by atoms with Crippen LogP contribution in [0, 0.1) is 13.8 Å². The van der Waals surface area contributed by atoms with Crippen LogP contribution in [-0.2, 0) is 22.6 Å². The molecule has 3 rings (SSSR count). The molecule has 0 amide bonds. The van der Waals surface area contributed by atoms with E-state index in [1.165, 1.54) is 22.3 Å². The molecule has 3 aromatic rings. The topological polar surface area (TPSA) is 44.8 Å². The van der Waals surface area contributed by atoms with E-state index in [9.17, 15) is 4.79 Å². The zero-order valence-electron chi connectivity index (χ0n) is 23.1. The van der Waals surface area contributed by atoms with Gasteiger partial charge in [-0.15, -0.1) is 0 Å². The third-order valence-electron chi connectivity index (χ3n) is 5.79. The van der Waals surface area contributed by atoms with Crippen molar-refractivity contribution in [2.24, 2.45) is 0 Å². The highest BCUT2D eigenvalue weighted by Gasteiger charge is 2.16. The van der Waals surface area contributed by atoms with Crippen LogP contribution in [0.2, 0.25) is 0 Å². The van der Waals surface area contributed by atoms with Crippen LogP contribution in [-0.4, -0.2) is 29.7 Å². The van der Waals surface area contributed by atoms with Crippen molar-refractivity contribution in [3.63, 3.8) is 0 Å². The van der Waals surface area contributed by atoms with E-state index in [0.717, 1.165) is 40.7 Å². The van der Waals surface area contributed by atoms with E-state index in [4.69, 9.17) is 14.2 Å². The molecule has 0 N–H and O–H groups in total. The van der Waals surface area contributed by atoms with Crippen LogP contribution in [0.25, 0.3) is 11.1 Å². The Morgan fingerprint density at radius 2 is 1.57 bits per heavy atom. The summed E-state index contributed by atoms with van der Waals surface area (Å²) in [5.74, 6) is 3.69. The molecule has 198 valence electrons. The fraction of sp³-hybridized carbons (Fsp3) is 0.406. The average molecular weight is 521 g/mol. The number of esters is 1. The lowest BCUT2D eigenvalue weighted by Crippen LogP contribution is -2.23. The molecule has 0 aliphatic carbocycles. The first-order valence-electron chi connectivity index (χ1n) is 13.0. The number of carbonyl (C=O) groups is 1. The van der Waals surface area contributed by atoms with Gasteiger partial charge in [0.1, 0.15) is 23.7 Å². The van der Waals surface area contributed by atoms with Crippen molar-refractivity contribution in [1.82, 2.24) is 0 Å². The Hall–Kier alpha value is -2.92. The Bertz CT molecular complexity index is 1140. The first-order valence-corrected chi connectivity index (χ1v) is 14.1. The number of carbonyl (C=O) groups excluding carboxylic acids is 1. The summed E-state index contributed by atoms with van der Waals surface area (Å²) in [5, 5.41) is 0. The normalized spacial score (nSPS) is 11.3. The van der Waals surface area contributed by atoms with E-state index in [-0.39, 0.29) is 5.97 Å². The summed E-state index contributed by atoms with van der Waals surface area (Å²) < 4.78 is 17.4. The molecule has 0 spiro atoms. The van der Waals surface area contributed by atoms with Crippen molar-refractivity contribution in [3.8, 4) is 22.6 Å². The maximum Gasteiger partial charge on any atom is 0.306 e. The Morgan fingerprint density at radius 3 is 2.22 bits per heavy atom. The van der Waals surface area contributed by atoms with Crippen molar-refractivity contribution < 1.29 is 19.0 Å². The maximum atomic E-state index is 12.0. The van der Waals surface area contributed by atoms with Crippen molar-refractivity contribution in [1.29, 1.82) is 0 Å². The Balaban J connectivity index is 1.58. The van der Waals surface area contributed by atoms with Gasteiger partial charge in [-0.2, -0.15) is 11.8 Å². The van der Waals surface area contributed by atoms with Gasteiger partial charge < -0.3 is 14.2 Å². The fourth-order valence-corrected chi connectivity index (χ4v) is 4.69. The Morgan fingerprint density at radius 1 is 0.865 bits per heavy atom. The molecule has 0 fully saturated rings. The molecule has 0 radical (unpaired) electrons. The molecule has 0 unspecified atom stereocenters. The summed E-state index contributed by atoms with van der Waals surface area (Å²) in [6.45, 7) is 13.3. The quantitative estimate of drug-likeness (QED) is 0.179. The number of benzene rings is 3. The largest absolute Gasteiger partial charge is 0.493 e. The molecule has 0 bridgehead atoms. The highest BCUT2D eigenvalue weighted by Crippen LogP contribution is 2.32. The van der Waals surface area contributed by atoms with Crippen LogP contribution in [0.15, 0.2) is 60.7 Å². The van der Waals surface area contributed by atoms with Gasteiger partial charge in [0.15, 0.2) is 0 Å². The minimum Gasteiger partial charge on any atom is -0.493 e. The zero-order chi connectivity index (χ0) is 26.8. The van der Waals surface area contributed by atoms with Gasteiger partial charge in [-0.05, 0) is 111 Å². The van der Waals surface area contributed by atoms with E-state index in [2.05, 4.69) is 57.2 Å². The monoisotopic (exact) mass is 520 g/mol. The molecule has 0 aliphatic rings. The average Bonchev–Trinajstić information content (AvgIpc) is 2.84. The van der Waals surface area contributed by atoms with Crippen LogP contribution in [0.5, 0.6) is 11.5 Å². The van der Waals surface area contributed by atoms with E-state index >= 15 is 0 Å². The number of rotatable bonds is 12. The first-order chi connectivity index (χ1) is 17.6. The van der Waals surface area contributed by atoms with Crippen LogP contribution in [0.1, 0.15) is 56.4 Å². The summed E-state index contributed by atoms with van der Waals surface area (Å²) in [6.07, 6.45) is 1.02. The van der Waals surface area contributed by atoms with Gasteiger partial charge in [-0.25, -0.2) is 0 Å². The molecule has 4 nitrogen and oxygen atoms in total. The second-order valence-corrected chi connectivity index (χ2v) is 11.6. The fourth-order valence-electron chi connectivity index (χ4n) is 4.20. The lowest BCUT2D eigenvalue weighted by Gasteiger charge is -2.19. The number of ether oxygens (including phenoxy) is 3. The molecule has 0 saturated heterocycles. The summed E-state index contributed by atoms with van der Waals surface area (Å²) in [7, 11) is 0.